The van der Waals surface area contributed by atoms with E-state index in [9.17, 15) is 18.8 Å². The molecule has 0 aromatic heterocycles. The Kier molecular flexibility index (Phi) is 6.05. The summed E-state index contributed by atoms with van der Waals surface area (Å²) in [7, 11) is 0. The molecule has 4 nitrogen and oxygen atoms in total. The Bertz CT molecular complexity index is 599. The molecule has 1 aliphatic rings. The lowest BCUT2D eigenvalue weighted by atomic mass is 9.92. The maximum Gasteiger partial charge on any atom is 0.224 e. The van der Waals surface area contributed by atoms with E-state index in [1.165, 1.54) is 6.07 Å². The number of nitrogens with zero attached hydrogens (tertiary/aromatic N) is 1. The molecule has 1 fully saturated rings. The van der Waals surface area contributed by atoms with Crippen molar-refractivity contribution in [2.24, 2.45) is 5.92 Å². The van der Waals surface area contributed by atoms with E-state index in [2.05, 4.69) is 12.2 Å². The number of benzene rings is 1. The normalized spacial score (nSPS) is 22.2. The third-order valence-electron chi connectivity index (χ3n) is 4.04. The zero-order valence-electron chi connectivity index (χ0n) is 13.0. The van der Waals surface area contributed by atoms with Gasteiger partial charge in [-0.2, -0.15) is 5.26 Å². The summed E-state index contributed by atoms with van der Waals surface area (Å²) in [6.07, 6.45) is 3.09. The zero-order valence-corrected chi connectivity index (χ0v) is 13.0. The molecule has 1 amide bonds. The number of halogens is 2. The van der Waals surface area contributed by atoms with E-state index >= 15 is 0 Å². The van der Waals surface area contributed by atoms with Gasteiger partial charge in [-0.1, -0.05) is 19.4 Å². The molecule has 1 aromatic rings. The van der Waals surface area contributed by atoms with Crippen LogP contribution in [0.25, 0.3) is 0 Å². The van der Waals surface area contributed by atoms with Crippen LogP contribution in [0.4, 0.5) is 8.78 Å². The van der Waals surface area contributed by atoms with E-state index in [4.69, 9.17) is 4.74 Å². The highest BCUT2D eigenvalue weighted by atomic mass is 19.1. The molecular formula is C17H20F2N2O2. The molecule has 6 heteroatoms. The molecule has 3 atom stereocenters. The van der Waals surface area contributed by atoms with Gasteiger partial charge in [0.1, 0.15) is 17.7 Å². The average molecular weight is 322 g/mol. The summed E-state index contributed by atoms with van der Waals surface area (Å²) >= 11 is 0. The fraction of sp³-hybridized carbons (Fsp3) is 0.529. The Morgan fingerprint density at radius 3 is 2.96 bits per heavy atom. The molecule has 0 bridgehead atoms. The first-order chi connectivity index (χ1) is 11.0. The lowest BCUT2D eigenvalue weighted by molar-refractivity contribution is -0.130. The van der Waals surface area contributed by atoms with Crippen molar-refractivity contribution in [2.75, 3.05) is 6.61 Å². The minimum atomic E-state index is -1.13. The fourth-order valence-corrected chi connectivity index (χ4v) is 2.82. The Balaban J connectivity index is 2.03. The van der Waals surface area contributed by atoms with E-state index < -0.39 is 17.7 Å². The lowest BCUT2D eigenvalue weighted by Gasteiger charge is -2.29. The number of amides is 1. The first-order valence-electron chi connectivity index (χ1n) is 7.81. The summed E-state index contributed by atoms with van der Waals surface area (Å²) in [5.74, 6) is -2.10. The third-order valence-corrected chi connectivity index (χ3v) is 4.04. The topological polar surface area (TPSA) is 62.1 Å². The molecule has 23 heavy (non-hydrogen) atoms. The van der Waals surface area contributed by atoms with Crippen LogP contribution in [0.15, 0.2) is 18.2 Å². The molecule has 0 spiro atoms. The highest BCUT2D eigenvalue weighted by molar-refractivity contribution is 5.79. The number of nitrogens with one attached hydrogen (secondary N) is 1. The second-order valence-corrected chi connectivity index (χ2v) is 5.74. The average Bonchev–Trinajstić information content (AvgIpc) is 2.53. The molecule has 0 radical (unpaired) electrons. The van der Waals surface area contributed by atoms with Gasteiger partial charge in [-0.25, -0.2) is 8.78 Å². The van der Waals surface area contributed by atoms with Crippen LogP contribution in [0, 0.1) is 28.9 Å². The largest absolute Gasteiger partial charge is 0.378 e. The Morgan fingerprint density at radius 1 is 1.52 bits per heavy atom. The standard InChI is InChI=1S/C17H20F2N2O2/c1-2-3-13-8-11(6-7-23-13)17(22)21-16(10-20)14-5-4-12(18)9-15(14)19/h4-5,9,11,13,16H,2-3,6-8H2,1H3,(H,21,22). The van der Waals surface area contributed by atoms with Crippen molar-refractivity contribution in [3.8, 4) is 6.07 Å². The first kappa shape index (κ1) is 17.4. The maximum atomic E-state index is 13.8. The summed E-state index contributed by atoms with van der Waals surface area (Å²) < 4.78 is 32.3. The molecule has 1 aliphatic heterocycles. The highest BCUT2D eigenvalue weighted by Gasteiger charge is 2.29. The van der Waals surface area contributed by atoms with Crippen LogP contribution in [0.1, 0.15) is 44.2 Å². The molecule has 2 rings (SSSR count). The molecule has 3 unspecified atom stereocenters. The molecule has 124 valence electrons. The van der Waals surface area contributed by atoms with Crippen LogP contribution in [0.5, 0.6) is 0 Å². The van der Waals surface area contributed by atoms with E-state index in [1.807, 2.05) is 6.07 Å². The number of rotatable bonds is 5. The molecule has 1 saturated heterocycles. The quantitative estimate of drug-likeness (QED) is 0.905. The van der Waals surface area contributed by atoms with Crippen LogP contribution in [0.3, 0.4) is 0 Å². The second kappa shape index (κ2) is 8.02. The molecule has 0 saturated carbocycles. The van der Waals surface area contributed by atoms with Crippen LogP contribution >= 0.6 is 0 Å². The van der Waals surface area contributed by atoms with Crippen LogP contribution < -0.4 is 5.32 Å². The van der Waals surface area contributed by atoms with Gasteiger partial charge in [-0.3, -0.25) is 4.79 Å². The SMILES string of the molecule is CCCC1CC(C(=O)NC(C#N)c2ccc(F)cc2F)CCO1. The smallest absolute Gasteiger partial charge is 0.224 e. The lowest BCUT2D eigenvalue weighted by Crippen LogP contribution is -2.39. The van der Waals surface area contributed by atoms with Gasteiger partial charge >= 0.3 is 0 Å². The van der Waals surface area contributed by atoms with E-state index in [1.54, 1.807) is 0 Å². The number of carbonyl (C=O) groups is 1. The zero-order chi connectivity index (χ0) is 16.8. The molecule has 1 N–H and O–H groups in total. The first-order valence-corrected chi connectivity index (χ1v) is 7.81. The highest BCUT2D eigenvalue weighted by Crippen LogP contribution is 2.25. The van der Waals surface area contributed by atoms with Gasteiger partial charge in [0.05, 0.1) is 12.2 Å². The molecule has 0 aliphatic carbocycles. The van der Waals surface area contributed by atoms with Crippen molar-refractivity contribution in [2.45, 2.75) is 44.8 Å². The van der Waals surface area contributed by atoms with Gasteiger partial charge < -0.3 is 10.1 Å². The summed E-state index contributed by atoms with van der Waals surface area (Å²) in [6.45, 7) is 2.56. The van der Waals surface area contributed by atoms with Gasteiger partial charge in [0.15, 0.2) is 0 Å². The van der Waals surface area contributed by atoms with Gasteiger partial charge in [0.25, 0.3) is 0 Å². The van der Waals surface area contributed by atoms with Crippen molar-refractivity contribution in [3.63, 3.8) is 0 Å². The molecule has 1 heterocycles. The van der Waals surface area contributed by atoms with Gasteiger partial charge in [-0.05, 0) is 25.3 Å². The van der Waals surface area contributed by atoms with Crippen LogP contribution in [-0.2, 0) is 9.53 Å². The van der Waals surface area contributed by atoms with Gasteiger partial charge in [0, 0.05) is 24.2 Å². The minimum Gasteiger partial charge on any atom is -0.378 e. The fourth-order valence-electron chi connectivity index (χ4n) is 2.82. The Labute approximate surface area is 134 Å². The summed E-state index contributed by atoms with van der Waals surface area (Å²) in [5, 5.41) is 11.8. The minimum absolute atomic E-state index is 0.0283. The Hall–Kier alpha value is -2.00. The van der Waals surface area contributed by atoms with Crippen molar-refractivity contribution in [1.29, 1.82) is 5.26 Å². The van der Waals surface area contributed by atoms with Crippen molar-refractivity contribution < 1.29 is 18.3 Å². The number of hydrogen-bond donors (Lipinski definition) is 1. The van der Waals surface area contributed by atoms with Crippen LogP contribution in [-0.4, -0.2) is 18.6 Å². The number of nitriles is 1. The van der Waals surface area contributed by atoms with Crippen molar-refractivity contribution in [1.82, 2.24) is 5.32 Å². The predicted octanol–water partition coefficient (Wildman–Crippen LogP) is 3.24. The van der Waals surface area contributed by atoms with Crippen LogP contribution in [0.2, 0.25) is 0 Å². The number of carbonyl (C=O) groups excluding carboxylic acids is 1. The van der Waals surface area contributed by atoms with Crippen molar-refractivity contribution in [3.05, 3.63) is 35.4 Å². The molecular weight excluding hydrogens is 302 g/mol. The summed E-state index contributed by atoms with van der Waals surface area (Å²) in [5.41, 5.74) is -0.0283. The van der Waals surface area contributed by atoms with E-state index in [0.717, 1.165) is 18.9 Å². The Morgan fingerprint density at radius 2 is 2.30 bits per heavy atom. The second-order valence-electron chi connectivity index (χ2n) is 5.74. The van der Waals surface area contributed by atoms with E-state index in [-0.39, 0.29) is 23.5 Å². The summed E-state index contributed by atoms with van der Waals surface area (Å²) in [4.78, 5) is 12.4. The van der Waals surface area contributed by atoms with Gasteiger partial charge in [0.2, 0.25) is 5.91 Å². The summed E-state index contributed by atoms with van der Waals surface area (Å²) in [6, 6.07) is 3.69. The molecule has 1 aromatic carbocycles. The maximum absolute atomic E-state index is 13.8. The predicted molar refractivity (Wildman–Crippen MR) is 80.2 cm³/mol. The number of hydrogen-bond acceptors (Lipinski definition) is 3. The van der Waals surface area contributed by atoms with E-state index in [0.29, 0.717) is 25.5 Å². The van der Waals surface area contributed by atoms with Gasteiger partial charge in [-0.15, -0.1) is 0 Å². The monoisotopic (exact) mass is 322 g/mol. The third kappa shape index (κ3) is 4.49. The number of ether oxygens (including phenoxy) is 1. The van der Waals surface area contributed by atoms with Crippen molar-refractivity contribution >= 4 is 5.91 Å².